The summed E-state index contributed by atoms with van der Waals surface area (Å²) < 4.78 is 10.3. The van der Waals surface area contributed by atoms with E-state index in [4.69, 9.17) is 9.47 Å². The molecule has 2 aromatic carbocycles. The Morgan fingerprint density at radius 2 is 1.80 bits per heavy atom. The van der Waals surface area contributed by atoms with E-state index in [-0.39, 0.29) is 18.2 Å². The van der Waals surface area contributed by atoms with Crippen LogP contribution in [0, 0.1) is 16.0 Å². The summed E-state index contributed by atoms with van der Waals surface area (Å²) in [4.78, 5) is 37.1. The van der Waals surface area contributed by atoms with Crippen LogP contribution in [0.4, 0.5) is 17.1 Å². The Hall–Kier alpha value is -3.62. The Bertz CT molecular complexity index is 924. The van der Waals surface area contributed by atoms with Crippen LogP contribution in [0.1, 0.15) is 12.8 Å². The molecule has 1 saturated heterocycles. The Balaban J connectivity index is 1.49. The number of carbonyl (C=O) groups excluding carboxylic acids is 2. The number of para-hydroxylation sites is 4. The number of nitrogens with one attached hydrogen (secondary N) is 1. The van der Waals surface area contributed by atoms with Crippen molar-refractivity contribution < 1.29 is 24.0 Å². The third kappa shape index (κ3) is 5.05. The van der Waals surface area contributed by atoms with E-state index in [1.54, 1.807) is 42.5 Å². The fourth-order valence-electron chi connectivity index (χ4n) is 3.43. The average molecular weight is 413 g/mol. The maximum Gasteiger partial charge on any atom is 0.309 e. The van der Waals surface area contributed by atoms with Gasteiger partial charge in [0, 0.05) is 19.2 Å². The second-order valence-electron chi connectivity index (χ2n) is 6.86. The zero-order valence-corrected chi connectivity index (χ0v) is 16.6. The van der Waals surface area contributed by atoms with Crippen LogP contribution in [0.15, 0.2) is 48.5 Å². The lowest BCUT2D eigenvalue weighted by Crippen LogP contribution is -2.37. The first-order chi connectivity index (χ1) is 14.5. The highest BCUT2D eigenvalue weighted by Crippen LogP contribution is 2.31. The molecule has 1 fully saturated rings. The number of rotatable bonds is 7. The summed E-state index contributed by atoms with van der Waals surface area (Å²) >= 11 is 0. The molecule has 0 saturated carbocycles. The van der Waals surface area contributed by atoms with Crippen LogP contribution in [-0.4, -0.2) is 43.6 Å². The third-order valence-electron chi connectivity index (χ3n) is 4.97. The number of esters is 1. The standard InChI is InChI=1S/C21H23N3O6/c1-29-19-9-5-2-6-16(19)22-20(25)14-30-21(26)15-10-12-23(13-11-15)17-7-3-4-8-18(17)24(27)28/h2-9,15H,10-14H2,1H3,(H,22,25). The Morgan fingerprint density at radius 1 is 1.13 bits per heavy atom. The molecule has 2 aromatic rings. The maximum atomic E-state index is 12.3. The predicted octanol–water partition coefficient (Wildman–Crippen LogP) is 3.00. The molecule has 1 amide bonds. The van der Waals surface area contributed by atoms with Crippen LogP contribution >= 0.6 is 0 Å². The minimum atomic E-state index is -0.454. The molecule has 9 nitrogen and oxygen atoms in total. The van der Waals surface area contributed by atoms with Gasteiger partial charge in [-0.1, -0.05) is 24.3 Å². The molecule has 3 rings (SSSR count). The van der Waals surface area contributed by atoms with Gasteiger partial charge in [0.15, 0.2) is 6.61 Å². The van der Waals surface area contributed by atoms with E-state index >= 15 is 0 Å². The molecule has 30 heavy (non-hydrogen) atoms. The normalized spacial score (nSPS) is 14.1. The molecule has 158 valence electrons. The first-order valence-corrected chi connectivity index (χ1v) is 9.57. The lowest BCUT2D eigenvalue weighted by molar-refractivity contribution is -0.384. The van der Waals surface area contributed by atoms with Crippen molar-refractivity contribution in [2.75, 3.05) is 37.0 Å². The van der Waals surface area contributed by atoms with Crippen molar-refractivity contribution in [2.24, 2.45) is 5.92 Å². The van der Waals surface area contributed by atoms with Gasteiger partial charge in [0.05, 0.1) is 23.6 Å². The van der Waals surface area contributed by atoms with E-state index in [0.29, 0.717) is 43.1 Å². The molecule has 0 bridgehead atoms. The second-order valence-corrected chi connectivity index (χ2v) is 6.86. The smallest absolute Gasteiger partial charge is 0.309 e. The van der Waals surface area contributed by atoms with Gasteiger partial charge in [0.25, 0.3) is 11.6 Å². The summed E-state index contributed by atoms with van der Waals surface area (Å²) in [5.41, 5.74) is 1.09. The first kappa shape index (κ1) is 21.1. The minimum Gasteiger partial charge on any atom is -0.495 e. The number of methoxy groups -OCH3 is 1. The molecular weight excluding hydrogens is 390 g/mol. The fourth-order valence-corrected chi connectivity index (χ4v) is 3.43. The molecule has 1 N–H and O–H groups in total. The van der Waals surface area contributed by atoms with Crippen LogP contribution in [0.25, 0.3) is 0 Å². The molecule has 1 aliphatic rings. The minimum absolute atomic E-state index is 0.0477. The van der Waals surface area contributed by atoms with Gasteiger partial charge in [-0.05, 0) is 31.0 Å². The molecular formula is C21H23N3O6. The number of hydrogen-bond acceptors (Lipinski definition) is 7. The van der Waals surface area contributed by atoms with Gasteiger partial charge in [-0.3, -0.25) is 19.7 Å². The zero-order valence-electron chi connectivity index (χ0n) is 16.6. The van der Waals surface area contributed by atoms with E-state index in [2.05, 4.69) is 5.32 Å². The zero-order chi connectivity index (χ0) is 21.5. The van der Waals surface area contributed by atoms with Crippen LogP contribution < -0.4 is 15.0 Å². The number of anilines is 2. The Kier molecular flexibility index (Phi) is 6.84. The van der Waals surface area contributed by atoms with Crippen LogP contribution in [0.5, 0.6) is 5.75 Å². The number of amides is 1. The molecule has 0 spiro atoms. The monoisotopic (exact) mass is 413 g/mol. The van der Waals surface area contributed by atoms with Crippen molar-refractivity contribution in [3.05, 3.63) is 58.6 Å². The van der Waals surface area contributed by atoms with Crippen LogP contribution in [0.3, 0.4) is 0 Å². The number of benzene rings is 2. The van der Waals surface area contributed by atoms with Gasteiger partial charge in [-0.2, -0.15) is 0 Å². The van der Waals surface area contributed by atoms with Crippen molar-refractivity contribution >= 4 is 28.9 Å². The van der Waals surface area contributed by atoms with Crippen LogP contribution in [-0.2, 0) is 14.3 Å². The first-order valence-electron chi connectivity index (χ1n) is 9.57. The third-order valence-corrected chi connectivity index (χ3v) is 4.97. The lowest BCUT2D eigenvalue weighted by Gasteiger charge is -2.32. The Labute approximate surface area is 173 Å². The largest absolute Gasteiger partial charge is 0.495 e. The second kappa shape index (κ2) is 9.73. The topological polar surface area (TPSA) is 111 Å². The Morgan fingerprint density at radius 3 is 2.50 bits per heavy atom. The van der Waals surface area contributed by atoms with Gasteiger partial charge < -0.3 is 19.7 Å². The number of ether oxygens (including phenoxy) is 2. The molecule has 0 atom stereocenters. The van der Waals surface area contributed by atoms with Crippen molar-refractivity contribution in [3.63, 3.8) is 0 Å². The van der Waals surface area contributed by atoms with Gasteiger partial charge >= 0.3 is 5.97 Å². The molecule has 0 unspecified atom stereocenters. The summed E-state index contributed by atoms with van der Waals surface area (Å²) in [6.45, 7) is 0.608. The van der Waals surface area contributed by atoms with Crippen molar-refractivity contribution in [3.8, 4) is 5.75 Å². The number of nitrogens with zero attached hydrogens (tertiary/aromatic N) is 2. The van der Waals surface area contributed by atoms with Gasteiger partial charge in [-0.25, -0.2) is 0 Å². The van der Waals surface area contributed by atoms with Gasteiger partial charge in [0.1, 0.15) is 11.4 Å². The number of nitro benzene ring substituents is 1. The number of carbonyl (C=O) groups is 2. The molecule has 0 aromatic heterocycles. The highest BCUT2D eigenvalue weighted by atomic mass is 16.6. The predicted molar refractivity (Wildman–Crippen MR) is 111 cm³/mol. The summed E-state index contributed by atoms with van der Waals surface area (Å²) in [7, 11) is 1.50. The van der Waals surface area contributed by atoms with Crippen LogP contribution in [0.2, 0.25) is 0 Å². The molecule has 1 heterocycles. The van der Waals surface area contributed by atoms with Crippen molar-refractivity contribution in [1.82, 2.24) is 0 Å². The highest BCUT2D eigenvalue weighted by Gasteiger charge is 2.29. The quantitative estimate of drug-likeness (QED) is 0.422. The summed E-state index contributed by atoms with van der Waals surface area (Å²) in [5, 5.41) is 13.9. The van der Waals surface area contributed by atoms with E-state index < -0.39 is 16.8 Å². The van der Waals surface area contributed by atoms with Crippen molar-refractivity contribution in [2.45, 2.75) is 12.8 Å². The summed E-state index contributed by atoms with van der Waals surface area (Å²) in [6, 6.07) is 13.5. The summed E-state index contributed by atoms with van der Waals surface area (Å²) in [5.74, 6) is -0.722. The number of hydrogen-bond donors (Lipinski definition) is 1. The SMILES string of the molecule is COc1ccccc1NC(=O)COC(=O)C1CCN(c2ccccc2[N+](=O)[O-])CC1. The summed E-state index contributed by atoms with van der Waals surface area (Å²) in [6.07, 6.45) is 0.998. The number of nitro groups is 1. The average Bonchev–Trinajstić information content (AvgIpc) is 2.78. The highest BCUT2D eigenvalue weighted by molar-refractivity contribution is 5.94. The van der Waals surface area contributed by atoms with E-state index in [1.165, 1.54) is 13.2 Å². The van der Waals surface area contributed by atoms with Gasteiger partial charge in [-0.15, -0.1) is 0 Å². The maximum absolute atomic E-state index is 12.3. The molecule has 0 radical (unpaired) electrons. The van der Waals surface area contributed by atoms with Crippen molar-refractivity contribution in [1.29, 1.82) is 0 Å². The van der Waals surface area contributed by atoms with E-state index in [9.17, 15) is 19.7 Å². The van der Waals surface area contributed by atoms with E-state index in [1.807, 2.05) is 4.90 Å². The number of piperidine rings is 1. The van der Waals surface area contributed by atoms with Gasteiger partial charge in [0.2, 0.25) is 0 Å². The molecule has 1 aliphatic heterocycles. The molecule has 0 aliphatic carbocycles. The van der Waals surface area contributed by atoms with E-state index in [0.717, 1.165) is 0 Å². The molecule has 9 heteroatoms. The lowest BCUT2D eigenvalue weighted by atomic mass is 9.96. The fraction of sp³-hybridized carbons (Fsp3) is 0.333.